The number of hydrogen-bond donors (Lipinski definition) is 0. The van der Waals surface area contributed by atoms with Crippen molar-refractivity contribution in [1.29, 1.82) is 0 Å². The molecule has 144 valence electrons. The lowest BCUT2D eigenvalue weighted by Gasteiger charge is -2.31. The standard InChI is InChI=1S/C23H27NO2.ClH/c1-2-24-16-15-21(20-13-7-4-8-14-20)22(18-24)23(25)26-17-9-12-19-10-5-3-6-11-19;/h3-8,10-11,13-15,22H,2,9,12,16-18H2,1H3;1H. The van der Waals surface area contributed by atoms with Crippen LogP contribution in [0.5, 0.6) is 0 Å². The van der Waals surface area contributed by atoms with Gasteiger partial charge in [0.05, 0.1) is 12.5 Å². The van der Waals surface area contributed by atoms with Gasteiger partial charge in [-0.3, -0.25) is 9.69 Å². The molecule has 27 heavy (non-hydrogen) atoms. The van der Waals surface area contributed by atoms with Crippen molar-refractivity contribution in [1.82, 2.24) is 4.90 Å². The molecular formula is C23H28ClNO2. The van der Waals surface area contributed by atoms with E-state index in [4.69, 9.17) is 4.74 Å². The van der Waals surface area contributed by atoms with E-state index in [2.05, 4.69) is 42.2 Å². The van der Waals surface area contributed by atoms with Gasteiger partial charge in [-0.05, 0) is 36.1 Å². The monoisotopic (exact) mass is 385 g/mol. The Morgan fingerprint density at radius 2 is 1.74 bits per heavy atom. The molecular weight excluding hydrogens is 358 g/mol. The predicted molar refractivity (Wildman–Crippen MR) is 113 cm³/mol. The van der Waals surface area contributed by atoms with Crippen LogP contribution in [-0.2, 0) is 16.0 Å². The minimum absolute atomic E-state index is 0. The molecule has 0 aromatic heterocycles. The fourth-order valence-electron chi connectivity index (χ4n) is 3.40. The number of halogens is 1. The highest BCUT2D eigenvalue weighted by Gasteiger charge is 2.30. The Hall–Kier alpha value is -2.10. The number of aryl methyl sites for hydroxylation is 1. The molecule has 0 bridgehead atoms. The maximum Gasteiger partial charge on any atom is 0.314 e. The van der Waals surface area contributed by atoms with Crippen molar-refractivity contribution < 1.29 is 9.53 Å². The van der Waals surface area contributed by atoms with Crippen molar-refractivity contribution >= 4 is 23.9 Å². The first-order chi connectivity index (χ1) is 12.8. The van der Waals surface area contributed by atoms with E-state index in [1.165, 1.54) is 5.56 Å². The van der Waals surface area contributed by atoms with Crippen LogP contribution in [-0.4, -0.2) is 37.1 Å². The molecule has 4 heteroatoms. The molecule has 0 spiro atoms. The van der Waals surface area contributed by atoms with Gasteiger partial charge in [-0.15, -0.1) is 12.4 Å². The molecule has 2 aromatic rings. The van der Waals surface area contributed by atoms with E-state index in [9.17, 15) is 4.79 Å². The van der Waals surface area contributed by atoms with Crippen molar-refractivity contribution in [2.45, 2.75) is 19.8 Å². The molecule has 1 aliphatic heterocycles. The molecule has 3 rings (SSSR count). The number of nitrogens with zero attached hydrogens (tertiary/aromatic N) is 1. The molecule has 0 saturated carbocycles. The highest BCUT2D eigenvalue weighted by molar-refractivity contribution is 5.89. The van der Waals surface area contributed by atoms with E-state index in [0.717, 1.165) is 43.6 Å². The van der Waals surface area contributed by atoms with Crippen molar-refractivity contribution in [2.75, 3.05) is 26.2 Å². The largest absolute Gasteiger partial charge is 0.465 e. The van der Waals surface area contributed by atoms with Gasteiger partial charge in [0, 0.05) is 13.1 Å². The van der Waals surface area contributed by atoms with E-state index >= 15 is 0 Å². The van der Waals surface area contributed by atoms with Crippen molar-refractivity contribution in [3.63, 3.8) is 0 Å². The van der Waals surface area contributed by atoms with Crippen LogP contribution in [0.4, 0.5) is 0 Å². The Balaban J connectivity index is 0.00000261. The second-order valence-electron chi connectivity index (χ2n) is 6.69. The summed E-state index contributed by atoms with van der Waals surface area (Å²) in [6.45, 7) is 5.16. The molecule has 0 radical (unpaired) electrons. The number of ether oxygens (including phenoxy) is 1. The van der Waals surface area contributed by atoms with Crippen LogP contribution in [0.25, 0.3) is 5.57 Å². The maximum atomic E-state index is 12.8. The molecule has 1 unspecified atom stereocenters. The minimum atomic E-state index is -0.206. The molecule has 0 N–H and O–H groups in total. The number of esters is 1. The molecule has 0 saturated heterocycles. The zero-order valence-electron chi connectivity index (χ0n) is 15.8. The normalized spacial score (nSPS) is 16.9. The SMILES string of the molecule is CCN1CC=C(c2ccccc2)C(C(=O)OCCCc2ccccc2)C1.Cl. The summed E-state index contributed by atoms with van der Waals surface area (Å²) < 4.78 is 5.64. The van der Waals surface area contributed by atoms with Crippen LogP contribution >= 0.6 is 12.4 Å². The van der Waals surface area contributed by atoms with Gasteiger partial charge in [-0.2, -0.15) is 0 Å². The van der Waals surface area contributed by atoms with Crippen molar-refractivity contribution in [3.8, 4) is 0 Å². The molecule has 0 amide bonds. The van der Waals surface area contributed by atoms with Crippen LogP contribution in [0.15, 0.2) is 66.7 Å². The van der Waals surface area contributed by atoms with E-state index in [0.29, 0.717) is 6.61 Å². The molecule has 3 nitrogen and oxygen atoms in total. The van der Waals surface area contributed by atoms with Crippen LogP contribution in [0, 0.1) is 5.92 Å². The zero-order chi connectivity index (χ0) is 18.2. The van der Waals surface area contributed by atoms with Crippen LogP contribution in [0.3, 0.4) is 0 Å². The maximum absolute atomic E-state index is 12.8. The third kappa shape index (κ3) is 5.95. The Kier molecular flexibility index (Phi) is 8.56. The smallest absolute Gasteiger partial charge is 0.314 e. The first-order valence-corrected chi connectivity index (χ1v) is 9.46. The quantitative estimate of drug-likeness (QED) is 0.514. The minimum Gasteiger partial charge on any atom is -0.465 e. The molecule has 0 fully saturated rings. The van der Waals surface area contributed by atoms with E-state index in [1.807, 2.05) is 36.4 Å². The van der Waals surface area contributed by atoms with Gasteiger partial charge in [0.1, 0.15) is 0 Å². The lowest BCUT2D eigenvalue weighted by molar-refractivity contribution is -0.147. The molecule has 2 aromatic carbocycles. The van der Waals surface area contributed by atoms with Gasteiger partial charge < -0.3 is 4.74 Å². The Labute approximate surface area is 168 Å². The first-order valence-electron chi connectivity index (χ1n) is 9.46. The highest BCUT2D eigenvalue weighted by atomic mass is 35.5. The number of carbonyl (C=O) groups is 1. The second kappa shape index (κ2) is 10.9. The first kappa shape index (κ1) is 21.2. The van der Waals surface area contributed by atoms with Gasteiger partial charge in [0.15, 0.2) is 0 Å². The molecule has 1 atom stereocenters. The summed E-state index contributed by atoms with van der Waals surface area (Å²) in [4.78, 5) is 15.0. The van der Waals surface area contributed by atoms with E-state index < -0.39 is 0 Å². The summed E-state index contributed by atoms with van der Waals surface area (Å²) in [5, 5.41) is 0. The van der Waals surface area contributed by atoms with Crippen LogP contribution in [0.2, 0.25) is 0 Å². The van der Waals surface area contributed by atoms with Gasteiger partial charge in [-0.1, -0.05) is 73.7 Å². The average molecular weight is 386 g/mol. The van der Waals surface area contributed by atoms with Gasteiger partial charge in [-0.25, -0.2) is 0 Å². The van der Waals surface area contributed by atoms with Gasteiger partial charge in [0.2, 0.25) is 0 Å². The fraction of sp³-hybridized carbons (Fsp3) is 0.348. The molecule has 0 aliphatic carbocycles. The fourth-order valence-corrected chi connectivity index (χ4v) is 3.40. The number of benzene rings is 2. The highest BCUT2D eigenvalue weighted by Crippen LogP contribution is 2.29. The lowest BCUT2D eigenvalue weighted by Crippen LogP contribution is -2.38. The zero-order valence-corrected chi connectivity index (χ0v) is 16.7. The van der Waals surface area contributed by atoms with E-state index in [1.54, 1.807) is 0 Å². The summed E-state index contributed by atoms with van der Waals surface area (Å²) in [5.74, 6) is -0.311. The van der Waals surface area contributed by atoms with Gasteiger partial charge in [0.25, 0.3) is 0 Å². The Morgan fingerprint density at radius 3 is 2.41 bits per heavy atom. The van der Waals surface area contributed by atoms with Crippen molar-refractivity contribution in [3.05, 3.63) is 77.9 Å². The predicted octanol–water partition coefficient (Wildman–Crippen LogP) is 4.62. The Bertz CT molecular complexity index is 731. The molecule has 1 aliphatic rings. The van der Waals surface area contributed by atoms with Gasteiger partial charge >= 0.3 is 5.97 Å². The summed E-state index contributed by atoms with van der Waals surface area (Å²) in [6.07, 6.45) is 3.96. The van der Waals surface area contributed by atoms with Crippen molar-refractivity contribution in [2.24, 2.45) is 5.92 Å². The number of rotatable bonds is 7. The summed E-state index contributed by atoms with van der Waals surface area (Å²) in [5.41, 5.74) is 3.50. The summed E-state index contributed by atoms with van der Waals surface area (Å²) in [7, 11) is 0. The lowest BCUT2D eigenvalue weighted by atomic mass is 9.89. The van der Waals surface area contributed by atoms with E-state index in [-0.39, 0.29) is 24.3 Å². The summed E-state index contributed by atoms with van der Waals surface area (Å²) in [6, 6.07) is 20.5. The number of carbonyl (C=O) groups excluding carboxylic acids is 1. The third-order valence-electron chi connectivity index (χ3n) is 4.92. The summed E-state index contributed by atoms with van der Waals surface area (Å²) >= 11 is 0. The van der Waals surface area contributed by atoms with Crippen LogP contribution in [0.1, 0.15) is 24.5 Å². The average Bonchev–Trinajstić information content (AvgIpc) is 2.72. The third-order valence-corrected chi connectivity index (χ3v) is 4.92. The topological polar surface area (TPSA) is 29.5 Å². The number of likely N-dealkylation sites (N-methyl/N-ethyl adjacent to an activating group) is 1. The van der Waals surface area contributed by atoms with Crippen LogP contribution < -0.4 is 0 Å². The number of hydrogen-bond acceptors (Lipinski definition) is 3. The Morgan fingerprint density at radius 1 is 1.07 bits per heavy atom. The second-order valence-corrected chi connectivity index (χ2v) is 6.69. The molecule has 1 heterocycles.